The first kappa shape index (κ1) is 53.9. The number of fused-ring (bicyclic) bond motifs is 1. The molecule has 1 aromatic heterocycles. The fraction of sp³-hybridized carbons (Fsp3) is 0.286. The number of anilines is 3. The second kappa shape index (κ2) is 21.3. The Labute approximate surface area is 415 Å². The lowest BCUT2D eigenvalue weighted by molar-refractivity contribution is -0.282. The minimum absolute atomic E-state index is 0.0829. The predicted molar refractivity (Wildman–Crippen MR) is 246 cm³/mol. The molecule has 0 N–H and O–H groups in total. The minimum Gasteiger partial charge on any atom is -0.497 e. The molecule has 388 valence electrons. The van der Waals surface area contributed by atoms with Gasteiger partial charge in [-0.05, 0) is 53.6 Å². The quantitative estimate of drug-likeness (QED) is 0.0597. The summed E-state index contributed by atoms with van der Waals surface area (Å²) in [5, 5.41) is 1.68. The van der Waals surface area contributed by atoms with E-state index in [4.69, 9.17) is 28.4 Å². The lowest BCUT2D eigenvalue weighted by Gasteiger charge is -2.36. The maximum atomic E-state index is 15.2. The van der Waals surface area contributed by atoms with E-state index in [1.807, 2.05) is 0 Å². The summed E-state index contributed by atoms with van der Waals surface area (Å²) in [7, 11) is -1.90. The van der Waals surface area contributed by atoms with E-state index >= 15 is 13.2 Å². The molecule has 1 aliphatic heterocycles. The highest BCUT2D eigenvalue weighted by atomic mass is 32.2. The topological polar surface area (TPSA) is 143 Å². The monoisotopic (exact) mass is 1070 g/mol. The van der Waals surface area contributed by atoms with E-state index in [1.54, 1.807) is 29.6 Å². The van der Waals surface area contributed by atoms with Crippen molar-refractivity contribution >= 4 is 49.8 Å². The van der Waals surface area contributed by atoms with Crippen LogP contribution in [0.3, 0.4) is 0 Å². The number of thiazole rings is 1. The van der Waals surface area contributed by atoms with Crippen LogP contribution in [0.1, 0.15) is 27.8 Å². The Hall–Kier alpha value is -6.89. The zero-order valence-electron chi connectivity index (χ0n) is 38.5. The van der Waals surface area contributed by atoms with Crippen molar-refractivity contribution in [1.82, 2.24) is 4.98 Å². The third-order valence-electron chi connectivity index (χ3n) is 11.7. The van der Waals surface area contributed by atoms with E-state index in [-0.39, 0.29) is 46.8 Å². The van der Waals surface area contributed by atoms with Crippen LogP contribution in [0.2, 0.25) is 0 Å². The molecule has 7 rings (SSSR count). The number of carbonyl (C=O) groups is 2. The van der Waals surface area contributed by atoms with Gasteiger partial charge in [-0.1, -0.05) is 72.8 Å². The van der Waals surface area contributed by atoms with Crippen molar-refractivity contribution < 1.29 is 85.9 Å². The van der Waals surface area contributed by atoms with Crippen LogP contribution >= 0.6 is 11.3 Å². The SMILES string of the molecule is COc1ccc(CN(c2nccs2)S(=O)(=O)c2ccc3c(c2)OCCN3c2ccc(C(F)(F)F)cc2C[C@H](COC(=O)C(OC)(c2ccccc2)C(F)(F)F)OC(=O)C(OC)(c2ccccc2)C(F)(F)F)cc1. The molecule has 24 heteroatoms. The van der Waals surface area contributed by atoms with Crippen LogP contribution in [0.25, 0.3) is 0 Å². The van der Waals surface area contributed by atoms with Crippen LogP contribution in [-0.2, 0) is 68.9 Å². The summed E-state index contributed by atoms with van der Waals surface area (Å²) in [5.74, 6) is -3.94. The average Bonchev–Trinajstić information content (AvgIpc) is 3.90. The Balaban J connectivity index is 1.30. The predicted octanol–water partition coefficient (Wildman–Crippen LogP) is 10.3. The summed E-state index contributed by atoms with van der Waals surface area (Å²) in [6, 6.07) is 23.3. The third kappa shape index (κ3) is 10.8. The lowest BCUT2D eigenvalue weighted by atomic mass is 9.92. The standard InChI is InChI=1S/C49H42F9N3O10S2/c1-66-36-17-14-31(15-18-36)29-61(44-59-22-25-72-44)73(64,65)38-19-21-40-41(28-38)69-24-23-60(40)39-20-16-35(47(50,51)52)26-32(39)27-37(71-43(63)46(68-3,49(56,57)58)34-12-8-5-9-13-34)30-70-42(62)45(67-2,48(53,54)55)33-10-6-4-7-11-33/h4-22,25-26,28,37H,23-24,27,29-30H2,1-3H3/t37-,45?,46?/m1/s1. The van der Waals surface area contributed by atoms with Crippen molar-refractivity contribution in [2.75, 3.05) is 50.3 Å². The Bertz CT molecular complexity index is 2990. The number of methoxy groups -OCH3 is 3. The molecular formula is C49H42F9N3O10S2. The highest BCUT2D eigenvalue weighted by molar-refractivity contribution is 7.93. The first-order valence-corrected chi connectivity index (χ1v) is 23.9. The van der Waals surface area contributed by atoms with Crippen LogP contribution in [0.15, 0.2) is 138 Å². The molecule has 3 atom stereocenters. The molecule has 0 spiro atoms. The number of alkyl halides is 9. The molecule has 13 nitrogen and oxygen atoms in total. The number of hydrogen-bond donors (Lipinski definition) is 0. The van der Waals surface area contributed by atoms with Gasteiger partial charge in [0.1, 0.15) is 30.8 Å². The Morgan fingerprint density at radius 2 is 1.33 bits per heavy atom. The van der Waals surface area contributed by atoms with Crippen LogP contribution in [0.5, 0.6) is 11.5 Å². The second-order valence-corrected chi connectivity index (χ2v) is 18.7. The van der Waals surface area contributed by atoms with Gasteiger partial charge in [-0.25, -0.2) is 27.3 Å². The number of nitrogens with zero attached hydrogens (tertiary/aromatic N) is 3. The molecule has 0 radical (unpaired) electrons. The normalized spacial score (nSPS) is 15.2. The molecule has 0 amide bonds. The summed E-state index contributed by atoms with van der Waals surface area (Å²) < 4.78 is 195. The highest BCUT2D eigenvalue weighted by Crippen LogP contribution is 2.47. The van der Waals surface area contributed by atoms with Gasteiger partial charge in [-0.2, -0.15) is 39.5 Å². The average molecular weight is 1070 g/mol. The summed E-state index contributed by atoms with van der Waals surface area (Å²) in [6.07, 6.45) is -18.1. The van der Waals surface area contributed by atoms with Crippen molar-refractivity contribution in [3.05, 3.63) is 161 Å². The number of ether oxygens (including phenoxy) is 6. The van der Waals surface area contributed by atoms with Gasteiger partial charge in [0.05, 0.1) is 36.3 Å². The van der Waals surface area contributed by atoms with Gasteiger partial charge < -0.3 is 33.3 Å². The lowest BCUT2D eigenvalue weighted by Crippen LogP contribution is -2.54. The number of sulfonamides is 1. The van der Waals surface area contributed by atoms with Crippen LogP contribution in [0.4, 0.5) is 56.0 Å². The molecule has 2 heterocycles. The number of rotatable bonds is 18. The van der Waals surface area contributed by atoms with Crippen molar-refractivity contribution in [2.45, 2.75) is 53.7 Å². The molecule has 0 saturated carbocycles. The van der Waals surface area contributed by atoms with Gasteiger partial charge in [0, 0.05) is 55.1 Å². The van der Waals surface area contributed by atoms with E-state index in [0.29, 0.717) is 37.7 Å². The summed E-state index contributed by atoms with van der Waals surface area (Å²) in [6.45, 7) is -2.01. The van der Waals surface area contributed by atoms with Crippen molar-refractivity contribution in [3.63, 3.8) is 0 Å². The minimum atomic E-state index is -5.60. The number of benzene rings is 5. The Kier molecular flexibility index (Phi) is 15.7. The van der Waals surface area contributed by atoms with E-state index < -0.39 is 93.1 Å². The summed E-state index contributed by atoms with van der Waals surface area (Å²) in [5.41, 5.74) is -10.6. The first-order chi connectivity index (χ1) is 34.5. The molecule has 0 saturated heterocycles. The maximum Gasteiger partial charge on any atom is 0.432 e. The van der Waals surface area contributed by atoms with Gasteiger partial charge in [-0.15, -0.1) is 11.3 Å². The number of halogens is 9. The molecule has 2 unspecified atom stereocenters. The van der Waals surface area contributed by atoms with Gasteiger partial charge in [0.25, 0.3) is 21.2 Å². The number of aromatic nitrogens is 1. The van der Waals surface area contributed by atoms with Crippen molar-refractivity contribution in [3.8, 4) is 11.5 Å². The van der Waals surface area contributed by atoms with Crippen molar-refractivity contribution in [2.24, 2.45) is 0 Å². The molecule has 73 heavy (non-hydrogen) atoms. The number of esters is 2. The first-order valence-electron chi connectivity index (χ1n) is 21.5. The molecule has 1 aliphatic rings. The van der Waals surface area contributed by atoms with Crippen LogP contribution < -0.4 is 18.7 Å². The number of hydrogen-bond acceptors (Lipinski definition) is 13. The molecule has 0 fully saturated rings. The highest BCUT2D eigenvalue weighted by Gasteiger charge is 2.65. The molecule has 5 aromatic carbocycles. The molecular weight excluding hydrogens is 1030 g/mol. The zero-order chi connectivity index (χ0) is 53.0. The largest absolute Gasteiger partial charge is 0.497 e. The maximum absolute atomic E-state index is 15.2. The number of carbonyl (C=O) groups excluding carboxylic acids is 2. The third-order valence-corrected chi connectivity index (χ3v) is 14.3. The van der Waals surface area contributed by atoms with Gasteiger partial charge >= 0.3 is 30.5 Å². The Morgan fingerprint density at radius 1 is 0.740 bits per heavy atom. The molecule has 0 aliphatic carbocycles. The van der Waals surface area contributed by atoms with Gasteiger partial charge in [0.15, 0.2) is 5.13 Å². The Morgan fingerprint density at radius 3 is 1.86 bits per heavy atom. The van der Waals surface area contributed by atoms with E-state index in [1.165, 1.54) is 48.5 Å². The summed E-state index contributed by atoms with van der Waals surface area (Å²) in [4.78, 5) is 33.1. The fourth-order valence-corrected chi connectivity index (χ4v) is 10.4. The molecule has 0 bridgehead atoms. The second-order valence-electron chi connectivity index (χ2n) is 16.0. The summed E-state index contributed by atoms with van der Waals surface area (Å²) >= 11 is 1.04. The van der Waals surface area contributed by atoms with Crippen LogP contribution in [0, 0.1) is 0 Å². The van der Waals surface area contributed by atoms with Crippen molar-refractivity contribution in [1.29, 1.82) is 0 Å². The zero-order valence-corrected chi connectivity index (χ0v) is 40.1. The van der Waals surface area contributed by atoms with E-state index in [9.17, 15) is 44.3 Å². The van der Waals surface area contributed by atoms with E-state index in [0.717, 1.165) is 70.2 Å². The van der Waals surface area contributed by atoms with Crippen LogP contribution in [-0.4, -0.2) is 84.9 Å². The van der Waals surface area contributed by atoms with E-state index in [2.05, 4.69) is 4.98 Å². The smallest absolute Gasteiger partial charge is 0.432 e. The molecule has 6 aromatic rings. The fourth-order valence-electron chi connectivity index (χ4n) is 8.08. The van der Waals surface area contributed by atoms with Gasteiger partial charge in [0.2, 0.25) is 0 Å². The van der Waals surface area contributed by atoms with Gasteiger partial charge in [-0.3, -0.25) is 0 Å².